The molecule has 0 unspecified atom stereocenters. The van der Waals surface area contributed by atoms with Crippen LogP contribution in [0.5, 0.6) is 0 Å². The van der Waals surface area contributed by atoms with Gasteiger partial charge in [0.05, 0.1) is 16.4 Å². The number of aromatic nitrogens is 2. The van der Waals surface area contributed by atoms with Crippen molar-refractivity contribution < 1.29 is 4.79 Å². The number of hydrogen-bond donors (Lipinski definition) is 0. The van der Waals surface area contributed by atoms with Crippen molar-refractivity contribution in [2.45, 2.75) is 33.2 Å². The highest BCUT2D eigenvalue weighted by Gasteiger charge is 2.07. The lowest BCUT2D eigenvalue weighted by atomic mass is 10.2. The van der Waals surface area contributed by atoms with Crippen LogP contribution in [0.15, 0.2) is 10.7 Å². The van der Waals surface area contributed by atoms with Gasteiger partial charge in [-0.1, -0.05) is 0 Å². The van der Waals surface area contributed by atoms with Crippen LogP contribution in [0.2, 0.25) is 0 Å². The second-order valence-corrected chi connectivity index (χ2v) is 3.81. The molecule has 1 rings (SSSR count). The molecule has 0 fully saturated rings. The molecule has 13 heavy (non-hydrogen) atoms. The van der Waals surface area contributed by atoms with Crippen LogP contribution >= 0.6 is 15.9 Å². The van der Waals surface area contributed by atoms with Crippen LogP contribution in [0, 0.1) is 0 Å². The maximum Gasteiger partial charge on any atom is 0.130 e. The fourth-order valence-electron chi connectivity index (χ4n) is 1.20. The summed E-state index contributed by atoms with van der Waals surface area (Å²) in [5.41, 5.74) is 1.11. The fourth-order valence-corrected chi connectivity index (χ4v) is 1.70. The van der Waals surface area contributed by atoms with Crippen molar-refractivity contribution in [2.75, 3.05) is 0 Å². The second-order valence-electron chi connectivity index (χ2n) is 2.96. The van der Waals surface area contributed by atoms with Crippen LogP contribution in [-0.2, 0) is 17.8 Å². The zero-order valence-corrected chi connectivity index (χ0v) is 9.47. The summed E-state index contributed by atoms with van der Waals surface area (Å²) in [4.78, 5) is 10.8. The molecule has 0 aliphatic rings. The van der Waals surface area contributed by atoms with Crippen molar-refractivity contribution >= 4 is 21.7 Å². The predicted molar refractivity (Wildman–Crippen MR) is 54.6 cm³/mol. The molecular weight excluding hydrogens is 232 g/mol. The zero-order valence-electron chi connectivity index (χ0n) is 7.88. The molecule has 72 valence electrons. The maximum absolute atomic E-state index is 10.8. The number of nitrogens with zero attached hydrogens (tertiary/aromatic N) is 2. The molecule has 1 heterocycles. The minimum atomic E-state index is 0.218. The van der Waals surface area contributed by atoms with Crippen LogP contribution in [0.3, 0.4) is 0 Å². The molecule has 0 spiro atoms. The van der Waals surface area contributed by atoms with E-state index in [1.54, 1.807) is 13.1 Å². The van der Waals surface area contributed by atoms with Gasteiger partial charge in [-0.05, 0) is 36.2 Å². The van der Waals surface area contributed by atoms with Gasteiger partial charge in [0, 0.05) is 13.0 Å². The van der Waals surface area contributed by atoms with Crippen molar-refractivity contribution in [3.63, 3.8) is 0 Å². The first-order chi connectivity index (χ1) is 6.15. The lowest BCUT2D eigenvalue weighted by Crippen LogP contribution is -2.04. The van der Waals surface area contributed by atoms with Gasteiger partial charge in [-0.15, -0.1) is 0 Å². The molecule has 3 nitrogen and oxygen atoms in total. The van der Waals surface area contributed by atoms with Gasteiger partial charge in [0.15, 0.2) is 0 Å². The van der Waals surface area contributed by atoms with E-state index in [1.807, 2.05) is 11.6 Å². The number of hydrogen-bond acceptors (Lipinski definition) is 2. The Balaban J connectivity index is 2.73. The first-order valence-electron chi connectivity index (χ1n) is 4.34. The molecular formula is C9H13BrN2O. The third-order valence-corrected chi connectivity index (χ3v) is 2.57. The van der Waals surface area contributed by atoms with Crippen molar-refractivity contribution in [3.05, 3.63) is 16.4 Å². The van der Waals surface area contributed by atoms with Gasteiger partial charge >= 0.3 is 0 Å². The van der Waals surface area contributed by atoms with Gasteiger partial charge in [0.1, 0.15) is 5.78 Å². The minimum Gasteiger partial charge on any atom is -0.300 e. The highest BCUT2D eigenvalue weighted by molar-refractivity contribution is 9.10. The van der Waals surface area contributed by atoms with E-state index < -0.39 is 0 Å². The third kappa shape index (κ3) is 2.66. The normalized spacial score (nSPS) is 10.4. The highest BCUT2D eigenvalue weighted by Crippen LogP contribution is 2.17. The largest absolute Gasteiger partial charge is 0.300 e. The fraction of sp³-hybridized carbons (Fsp3) is 0.556. The Morgan fingerprint density at radius 2 is 2.38 bits per heavy atom. The molecule has 0 N–H and O–H groups in total. The molecule has 0 amide bonds. The van der Waals surface area contributed by atoms with E-state index in [1.165, 1.54) is 0 Å². The molecule has 0 aliphatic heterocycles. The van der Waals surface area contributed by atoms with Gasteiger partial charge < -0.3 is 4.79 Å². The van der Waals surface area contributed by atoms with E-state index in [4.69, 9.17) is 0 Å². The first kappa shape index (κ1) is 10.4. The van der Waals surface area contributed by atoms with E-state index in [-0.39, 0.29) is 5.78 Å². The zero-order chi connectivity index (χ0) is 9.84. The molecule has 0 saturated carbocycles. The standard InChI is InChI=1S/C9H13BrN2O/c1-3-12-9(5-4-7(2)13)8(10)6-11-12/h6H,3-5H2,1-2H3. The van der Waals surface area contributed by atoms with E-state index in [9.17, 15) is 4.79 Å². The monoisotopic (exact) mass is 244 g/mol. The Hall–Kier alpha value is -0.640. The summed E-state index contributed by atoms with van der Waals surface area (Å²) in [6.45, 7) is 4.50. The van der Waals surface area contributed by atoms with Crippen molar-refractivity contribution in [2.24, 2.45) is 0 Å². The molecule has 0 radical (unpaired) electrons. The SMILES string of the molecule is CCn1ncc(Br)c1CCC(C)=O. The summed E-state index contributed by atoms with van der Waals surface area (Å²) in [6.07, 6.45) is 3.13. The third-order valence-electron chi connectivity index (χ3n) is 1.91. The molecule has 0 aromatic carbocycles. The Kier molecular flexibility index (Phi) is 3.66. The number of ketones is 1. The number of Topliss-reactive ketones (excluding diaryl/α,β-unsaturated/α-hetero) is 1. The van der Waals surface area contributed by atoms with Crippen LogP contribution in [0.1, 0.15) is 26.0 Å². The van der Waals surface area contributed by atoms with Gasteiger partial charge in [0.25, 0.3) is 0 Å². The average molecular weight is 245 g/mol. The number of halogens is 1. The molecule has 0 aliphatic carbocycles. The molecule has 4 heteroatoms. The molecule has 1 aromatic rings. The topological polar surface area (TPSA) is 34.9 Å². The van der Waals surface area contributed by atoms with Crippen molar-refractivity contribution in [1.82, 2.24) is 9.78 Å². The first-order valence-corrected chi connectivity index (χ1v) is 5.14. The summed E-state index contributed by atoms with van der Waals surface area (Å²) in [5, 5.41) is 4.17. The summed E-state index contributed by atoms with van der Waals surface area (Å²) < 4.78 is 2.91. The van der Waals surface area contributed by atoms with Gasteiger partial charge in [-0.3, -0.25) is 4.68 Å². The van der Waals surface area contributed by atoms with Gasteiger partial charge in [-0.25, -0.2) is 0 Å². The van der Waals surface area contributed by atoms with E-state index in [0.717, 1.165) is 23.1 Å². The predicted octanol–water partition coefficient (Wildman–Crippen LogP) is 2.19. The summed E-state index contributed by atoms with van der Waals surface area (Å²) >= 11 is 3.41. The number of carbonyl (C=O) groups is 1. The quantitative estimate of drug-likeness (QED) is 0.814. The average Bonchev–Trinajstić information content (AvgIpc) is 2.43. The Bertz CT molecular complexity index is 307. The Morgan fingerprint density at radius 1 is 1.69 bits per heavy atom. The number of carbonyl (C=O) groups excluding carboxylic acids is 1. The van der Waals surface area contributed by atoms with Crippen LogP contribution in [0.4, 0.5) is 0 Å². The van der Waals surface area contributed by atoms with Crippen molar-refractivity contribution in [3.8, 4) is 0 Å². The van der Waals surface area contributed by atoms with Crippen LogP contribution in [0.25, 0.3) is 0 Å². The van der Waals surface area contributed by atoms with Gasteiger partial charge in [-0.2, -0.15) is 5.10 Å². The van der Waals surface area contributed by atoms with E-state index in [2.05, 4.69) is 21.0 Å². The Morgan fingerprint density at radius 3 is 2.92 bits per heavy atom. The summed E-state index contributed by atoms with van der Waals surface area (Å²) in [6, 6.07) is 0. The Labute approximate surface area is 86.3 Å². The van der Waals surface area contributed by atoms with E-state index >= 15 is 0 Å². The van der Waals surface area contributed by atoms with E-state index in [0.29, 0.717) is 6.42 Å². The molecule has 0 saturated heterocycles. The highest BCUT2D eigenvalue weighted by atomic mass is 79.9. The number of rotatable bonds is 4. The van der Waals surface area contributed by atoms with Crippen LogP contribution < -0.4 is 0 Å². The minimum absolute atomic E-state index is 0.218. The van der Waals surface area contributed by atoms with Gasteiger partial charge in [0.2, 0.25) is 0 Å². The smallest absolute Gasteiger partial charge is 0.130 e. The second kappa shape index (κ2) is 4.56. The van der Waals surface area contributed by atoms with Crippen molar-refractivity contribution in [1.29, 1.82) is 0 Å². The molecule has 0 bridgehead atoms. The maximum atomic E-state index is 10.8. The summed E-state index contributed by atoms with van der Waals surface area (Å²) in [7, 11) is 0. The molecule has 1 aromatic heterocycles. The lowest BCUT2D eigenvalue weighted by Gasteiger charge is -2.03. The molecule has 0 atom stereocenters. The number of aryl methyl sites for hydroxylation is 1. The lowest BCUT2D eigenvalue weighted by molar-refractivity contribution is -0.117. The summed E-state index contributed by atoms with van der Waals surface area (Å²) in [5.74, 6) is 0.218. The van der Waals surface area contributed by atoms with Crippen LogP contribution in [-0.4, -0.2) is 15.6 Å².